The second-order valence-electron chi connectivity index (χ2n) is 5.61. The minimum atomic E-state index is -0.337. The molecule has 1 atom stereocenters. The van der Waals surface area contributed by atoms with Gasteiger partial charge >= 0.3 is 0 Å². The average molecular weight is 334 g/mol. The van der Waals surface area contributed by atoms with Gasteiger partial charge in [0.2, 0.25) is 5.91 Å². The standard InChI is InChI=1S/C17H19FN2O2S/c18-14-4-1-5-15(11-14)22-9-6-16(21)20-8-2-3-13(12-20)17-19-7-10-23-17/h1,4-5,7,10-11,13H,2-3,6,8-9,12H2/t13-/m1/s1. The number of hydrogen-bond donors (Lipinski definition) is 0. The quantitative estimate of drug-likeness (QED) is 0.841. The van der Waals surface area contributed by atoms with Crippen molar-refractivity contribution >= 4 is 17.2 Å². The summed E-state index contributed by atoms with van der Waals surface area (Å²) in [5, 5.41) is 3.08. The van der Waals surface area contributed by atoms with E-state index in [1.807, 2.05) is 16.5 Å². The molecular formula is C17H19FN2O2S. The van der Waals surface area contributed by atoms with Crippen molar-refractivity contribution in [3.05, 3.63) is 46.7 Å². The van der Waals surface area contributed by atoms with E-state index in [1.165, 1.54) is 12.1 Å². The molecule has 0 radical (unpaired) electrons. The molecular weight excluding hydrogens is 315 g/mol. The summed E-state index contributed by atoms with van der Waals surface area (Å²) in [6, 6.07) is 5.97. The minimum Gasteiger partial charge on any atom is -0.493 e. The Morgan fingerprint density at radius 1 is 1.48 bits per heavy atom. The molecule has 1 saturated heterocycles. The molecule has 2 aromatic rings. The van der Waals surface area contributed by atoms with Crippen molar-refractivity contribution in [3.8, 4) is 5.75 Å². The van der Waals surface area contributed by atoms with Gasteiger partial charge in [-0.1, -0.05) is 6.07 Å². The number of rotatable bonds is 5. The van der Waals surface area contributed by atoms with Crippen molar-refractivity contribution in [2.24, 2.45) is 0 Å². The van der Waals surface area contributed by atoms with Gasteiger partial charge in [-0.2, -0.15) is 0 Å². The van der Waals surface area contributed by atoms with Crippen LogP contribution in [-0.2, 0) is 4.79 Å². The van der Waals surface area contributed by atoms with Gasteiger partial charge < -0.3 is 9.64 Å². The van der Waals surface area contributed by atoms with Crippen molar-refractivity contribution in [1.29, 1.82) is 0 Å². The molecule has 1 aromatic carbocycles. The minimum absolute atomic E-state index is 0.0858. The Balaban J connectivity index is 1.48. The van der Waals surface area contributed by atoms with Crippen LogP contribution in [0.5, 0.6) is 5.75 Å². The van der Waals surface area contributed by atoms with Crippen LogP contribution in [-0.4, -0.2) is 35.5 Å². The first kappa shape index (κ1) is 15.9. The van der Waals surface area contributed by atoms with Crippen LogP contribution in [0.25, 0.3) is 0 Å². The van der Waals surface area contributed by atoms with Crippen molar-refractivity contribution in [3.63, 3.8) is 0 Å². The van der Waals surface area contributed by atoms with Crippen LogP contribution in [0.3, 0.4) is 0 Å². The molecule has 122 valence electrons. The highest BCUT2D eigenvalue weighted by atomic mass is 32.1. The third-order valence-electron chi connectivity index (χ3n) is 3.96. The van der Waals surface area contributed by atoms with Crippen LogP contribution < -0.4 is 4.74 Å². The molecule has 1 aliphatic rings. The average Bonchev–Trinajstić information content (AvgIpc) is 3.09. The zero-order valence-corrected chi connectivity index (χ0v) is 13.6. The zero-order valence-electron chi connectivity index (χ0n) is 12.8. The molecule has 6 heteroatoms. The van der Waals surface area contributed by atoms with Crippen molar-refractivity contribution in [2.45, 2.75) is 25.2 Å². The summed E-state index contributed by atoms with van der Waals surface area (Å²) in [7, 11) is 0. The smallest absolute Gasteiger partial charge is 0.226 e. The van der Waals surface area contributed by atoms with Crippen molar-refractivity contribution in [2.75, 3.05) is 19.7 Å². The summed E-state index contributed by atoms with van der Waals surface area (Å²) in [6.07, 6.45) is 4.20. The van der Waals surface area contributed by atoms with Gasteiger partial charge in [0.05, 0.1) is 18.0 Å². The first-order chi connectivity index (χ1) is 11.2. The Bertz CT molecular complexity index is 648. The fourth-order valence-electron chi connectivity index (χ4n) is 2.81. The summed E-state index contributed by atoms with van der Waals surface area (Å²) in [4.78, 5) is 18.6. The topological polar surface area (TPSA) is 42.4 Å². The lowest BCUT2D eigenvalue weighted by Crippen LogP contribution is -2.39. The second-order valence-corrected chi connectivity index (χ2v) is 6.53. The number of benzene rings is 1. The number of hydrogen-bond acceptors (Lipinski definition) is 4. The Labute approximate surface area is 138 Å². The summed E-state index contributed by atoms with van der Waals surface area (Å²) < 4.78 is 18.5. The number of thiazole rings is 1. The fraction of sp³-hybridized carbons (Fsp3) is 0.412. The lowest BCUT2D eigenvalue weighted by molar-refractivity contribution is -0.132. The molecule has 23 heavy (non-hydrogen) atoms. The molecule has 1 amide bonds. The molecule has 1 aromatic heterocycles. The molecule has 0 spiro atoms. The van der Waals surface area contributed by atoms with Crippen LogP contribution in [0.1, 0.15) is 30.2 Å². The number of aromatic nitrogens is 1. The van der Waals surface area contributed by atoms with E-state index >= 15 is 0 Å². The van der Waals surface area contributed by atoms with E-state index in [2.05, 4.69) is 4.98 Å². The second kappa shape index (κ2) is 7.55. The lowest BCUT2D eigenvalue weighted by Gasteiger charge is -2.31. The predicted octanol–water partition coefficient (Wildman–Crippen LogP) is 3.46. The van der Waals surface area contributed by atoms with Crippen molar-refractivity contribution < 1.29 is 13.9 Å². The summed E-state index contributed by atoms with van der Waals surface area (Å²) in [6.45, 7) is 1.79. The van der Waals surface area contributed by atoms with Gasteiger partial charge in [-0.3, -0.25) is 4.79 Å². The van der Waals surface area contributed by atoms with E-state index in [0.717, 1.165) is 30.9 Å². The number of nitrogens with zero attached hydrogens (tertiary/aromatic N) is 2. The number of piperidine rings is 1. The highest BCUT2D eigenvalue weighted by molar-refractivity contribution is 7.09. The Morgan fingerprint density at radius 2 is 2.39 bits per heavy atom. The maximum Gasteiger partial charge on any atom is 0.226 e. The maximum absolute atomic E-state index is 13.1. The molecule has 1 fully saturated rings. The summed E-state index contributed by atoms with van der Waals surface area (Å²) >= 11 is 1.65. The number of ether oxygens (including phenoxy) is 1. The predicted molar refractivity (Wildman–Crippen MR) is 87.2 cm³/mol. The summed E-state index contributed by atoms with van der Waals surface area (Å²) in [5.74, 6) is 0.549. The van der Waals surface area contributed by atoms with Gasteiger partial charge in [-0.25, -0.2) is 9.37 Å². The highest BCUT2D eigenvalue weighted by Crippen LogP contribution is 2.28. The fourth-order valence-corrected chi connectivity index (χ4v) is 3.58. The molecule has 0 N–H and O–H groups in total. The zero-order chi connectivity index (χ0) is 16.1. The third-order valence-corrected chi connectivity index (χ3v) is 4.89. The van der Waals surface area contributed by atoms with E-state index in [9.17, 15) is 9.18 Å². The van der Waals surface area contributed by atoms with E-state index < -0.39 is 0 Å². The number of carbonyl (C=O) groups is 1. The SMILES string of the molecule is O=C(CCOc1cccc(F)c1)N1CCC[C@@H](c2nccs2)C1. The Kier molecular flexibility index (Phi) is 5.23. The first-order valence-electron chi connectivity index (χ1n) is 7.78. The van der Waals surface area contributed by atoms with Crippen molar-refractivity contribution in [1.82, 2.24) is 9.88 Å². The molecule has 0 unspecified atom stereocenters. The van der Waals surface area contributed by atoms with Gasteiger partial charge in [0, 0.05) is 36.7 Å². The number of amides is 1. The number of halogens is 1. The molecule has 0 bridgehead atoms. The summed E-state index contributed by atoms with van der Waals surface area (Å²) in [5.41, 5.74) is 0. The highest BCUT2D eigenvalue weighted by Gasteiger charge is 2.25. The van der Waals surface area contributed by atoms with Gasteiger partial charge in [0.1, 0.15) is 11.6 Å². The molecule has 2 heterocycles. The monoisotopic (exact) mass is 334 g/mol. The molecule has 0 aliphatic carbocycles. The molecule has 1 aliphatic heterocycles. The van der Waals surface area contributed by atoms with E-state index in [4.69, 9.17) is 4.74 Å². The first-order valence-corrected chi connectivity index (χ1v) is 8.66. The van der Waals surface area contributed by atoms with Crippen LogP contribution in [0, 0.1) is 5.82 Å². The van der Waals surface area contributed by atoms with Gasteiger partial charge in [0.15, 0.2) is 0 Å². The van der Waals surface area contributed by atoms with Gasteiger partial charge in [0.25, 0.3) is 0 Å². The van der Waals surface area contributed by atoms with Crippen LogP contribution in [0.2, 0.25) is 0 Å². The number of likely N-dealkylation sites (tertiary alicyclic amines) is 1. The van der Waals surface area contributed by atoms with Crippen LogP contribution in [0.4, 0.5) is 4.39 Å². The van der Waals surface area contributed by atoms with Gasteiger partial charge in [-0.15, -0.1) is 11.3 Å². The van der Waals surface area contributed by atoms with Gasteiger partial charge in [-0.05, 0) is 25.0 Å². The number of carbonyl (C=O) groups excluding carboxylic acids is 1. The molecule has 4 nitrogen and oxygen atoms in total. The van der Waals surface area contributed by atoms with Crippen LogP contribution >= 0.6 is 11.3 Å². The van der Waals surface area contributed by atoms with E-state index in [0.29, 0.717) is 18.1 Å². The Morgan fingerprint density at radius 3 is 3.17 bits per heavy atom. The Hall–Kier alpha value is -1.95. The normalized spacial score (nSPS) is 18.0. The molecule has 3 rings (SSSR count). The van der Waals surface area contributed by atoms with E-state index in [-0.39, 0.29) is 18.3 Å². The third kappa shape index (κ3) is 4.28. The van der Waals surface area contributed by atoms with Crippen LogP contribution in [0.15, 0.2) is 35.8 Å². The maximum atomic E-state index is 13.1. The lowest BCUT2D eigenvalue weighted by atomic mass is 9.98. The molecule has 0 saturated carbocycles. The largest absolute Gasteiger partial charge is 0.493 e. The van der Waals surface area contributed by atoms with E-state index in [1.54, 1.807) is 23.5 Å².